The number of likely N-dealkylation sites (tertiary alicyclic amines) is 1. The summed E-state index contributed by atoms with van der Waals surface area (Å²) in [4.78, 5) is 36.8. The molecule has 7 nitrogen and oxygen atoms in total. The van der Waals surface area contributed by atoms with Crippen molar-refractivity contribution in [1.82, 2.24) is 24.0 Å². The first-order valence-electron chi connectivity index (χ1n) is 12.2. The van der Waals surface area contributed by atoms with E-state index in [0.29, 0.717) is 36.4 Å². The Bertz CT molecular complexity index is 1540. The van der Waals surface area contributed by atoms with E-state index in [1.54, 1.807) is 35.9 Å². The number of imidazole rings is 1. The number of amides is 1. The minimum absolute atomic E-state index is 0.0636. The van der Waals surface area contributed by atoms with E-state index in [9.17, 15) is 14.0 Å². The van der Waals surface area contributed by atoms with Crippen molar-refractivity contribution in [3.05, 3.63) is 70.8 Å². The minimum Gasteiger partial charge on any atom is -0.342 e. The van der Waals surface area contributed by atoms with Crippen LogP contribution in [0.1, 0.15) is 19.3 Å². The van der Waals surface area contributed by atoms with Crippen molar-refractivity contribution in [2.24, 2.45) is 18.9 Å². The van der Waals surface area contributed by atoms with Gasteiger partial charge in [-0.05, 0) is 60.6 Å². The number of halogens is 2. The molecule has 36 heavy (non-hydrogen) atoms. The molecule has 1 saturated carbocycles. The van der Waals surface area contributed by atoms with Crippen LogP contribution in [0.4, 0.5) is 8.78 Å². The van der Waals surface area contributed by atoms with Crippen molar-refractivity contribution < 1.29 is 13.6 Å². The molecule has 1 amide bonds. The highest BCUT2D eigenvalue weighted by molar-refractivity contribution is 5.81. The second-order valence-electron chi connectivity index (χ2n) is 9.79. The van der Waals surface area contributed by atoms with Gasteiger partial charge in [0.15, 0.2) is 11.2 Å². The molecule has 0 bridgehead atoms. The van der Waals surface area contributed by atoms with Gasteiger partial charge in [-0.2, -0.15) is 0 Å². The molecule has 2 aromatic heterocycles. The predicted molar refractivity (Wildman–Crippen MR) is 131 cm³/mol. The van der Waals surface area contributed by atoms with Crippen LogP contribution in [-0.4, -0.2) is 43.0 Å². The van der Waals surface area contributed by atoms with E-state index >= 15 is 4.39 Å². The molecule has 0 radical (unpaired) electrons. The van der Waals surface area contributed by atoms with Crippen LogP contribution >= 0.6 is 0 Å². The Morgan fingerprint density at radius 3 is 2.53 bits per heavy atom. The molecule has 1 saturated heterocycles. The minimum atomic E-state index is -0.532. The third-order valence-electron chi connectivity index (χ3n) is 7.17. The lowest BCUT2D eigenvalue weighted by atomic mass is 10.0. The lowest BCUT2D eigenvalue weighted by Gasteiger charge is -2.19. The summed E-state index contributed by atoms with van der Waals surface area (Å²) in [7, 11) is 1.74. The summed E-state index contributed by atoms with van der Waals surface area (Å²) in [6, 6.07) is 10.6. The standard InChI is InChI=1S/C27H25F2N5O2/c1-32-15-30-23-25(32)31-24(21-9-6-19(12-22(21)29)17-4-7-20(28)8-5-17)34(27(23)36)14-16-10-11-33(13-16)26(35)18-2-3-18/h4-9,12,15-16,18H,2-3,10-11,13-14H2,1H3/t16-/m1/s1. The van der Waals surface area contributed by atoms with Gasteiger partial charge in [0, 0.05) is 32.6 Å². The van der Waals surface area contributed by atoms with E-state index in [1.165, 1.54) is 29.1 Å². The van der Waals surface area contributed by atoms with Crippen LogP contribution in [0.3, 0.4) is 0 Å². The Balaban J connectivity index is 1.39. The van der Waals surface area contributed by atoms with Gasteiger partial charge in [-0.1, -0.05) is 18.2 Å². The average molecular weight is 490 g/mol. The topological polar surface area (TPSA) is 73.0 Å². The third kappa shape index (κ3) is 3.98. The zero-order valence-corrected chi connectivity index (χ0v) is 19.8. The van der Waals surface area contributed by atoms with Crippen molar-refractivity contribution in [1.29, 1.82) is 0 Å². The maximum absolute atomic E-state index is 15.5. The van der Waals surface area contributed by atoms with E-state index in [-0.39, 0.29) is 46.0 Å². The number of nitrogens with zero attached hydrogens (tertiary/aromatic N) is 5. The fraction of sp³-hybridized carbons (Fsp3) is 0.333. The molecule has 0 N–H and O–H groups in total. The number of rotatable bonds is 5. The van der Waals surface area contributed by atoms with Crippen LogP contribution in [0.25, 0.3) is 33.7 Å². The Labute approximate surface area is 206 Å². The van der Waals surface area contributed by atoms with Gasteiger partial charge in [0.2, 0.25) is 5.91 Å². The molecule has 184 valence electrons. The number of carbonyl (C=O) groups excluding carboxylic acids is 1. The molecule has 1 atom stereocenters. The highest BCUT2D eigenvalue weighted by Crippen LogP contribution is 2.34. The van der Waals surface area contributed by atoms with Crippen molar-refractivity contribution in [3.8, 4) is 22.5 Å². The quantitative estimate of drug-likeness (QED) is 0.425. The normalized spacial score (nSPS) is 17.8. The van der Waals surface area contributed by atoms with Gasteiger partial charge >= 0.3 is 0 Å². The first-order chi connectivity index (χ1) is 17.4. The molecular formula is C27H25F2N5O2. The summed E-state index contributed by atoms with van der Waals surface area (Å²) in [5.41, 5.74) is 1.76. The van der Waals surface area contributed by atoms with Gasteiger partial charge < -0.3 is 9.47 Å². The summed E-state index contributed by atoms with van der Waals surface area (Å²) in [6.07, 6.45) is 4.21. The van der Waals surface area contributed by atoms with Crippen LogP contribution in [0, 0.1) is 23.5 Å². The van der Waals surface area contributed by atoms with Crippen molar-refractivity contribution in [3.63, 3.8) is 0 Å². The molecule has 6 rings (SSSR count). The molecule has 2 fully saturated rings. The van der Waals surface area contributed by atoms with Gasteiger partial charge in [-0.3, -0.25) is 14.2 Å². The second-order valence-corrected chi connectivity index (χ2v) is 9.79. The number of hydrogen-bond donors (Lipinski definition) is 0. The number of aromatic nitrogens is 4. The van der Waals surface area contributed by atoms with Crippen LogP contribution < -0.4 is 5.56 Å². The van der Waals surface area contributed by atoms with Gasteiger partial charge in [-0.15, -0.1) is 0 Å². The Hall–Kier alpha value is -3.88. The summed E-state index contributed by atoms with van der Waals surface area (Å²) in [5.74, 6) is -0.248. The lowest BCUT2D eigenvalue weighted by molar-refractivity contribution is -0.131. The summed E-state index contributed by atoms with van der Waals surface area (Å²) < 4.78 is 32.0. The molecule has 2 aliphatic rings. The van der Waals surface area contributed by atoms with Crippen molar-refractivity contribution in [2.45, 2.75) is 25.8 Å². The Kier molecular flexibility index (Phi) is 5.43. The van der Waals surface area contributed by atoms with Crippen LogP contribution in [0.15, 0.2) is 53.6 Å². The van der Waals surface area contributed by atoms with E-state index in [1.807, 2.05) is 4.90 Å². The van der Waals surface area contributed by atoms with Gasteiger partial charge in [-0.25, -0.2) is 18.7 Å². The van der Waals surface area contributed by atoms with E-state index in [2.05, 4.69) is 9.97 Å². The number of aryl methyl sites for hydroxylation is 1. The van der Waals surface area contributed by atoms with E-state index in [0.717, 1.165) is 19.3 Å². The zero-order valence-electron chi connectivity index (χ0n) is 19.8. The molecule has 0 unspecified atom stereocenters. The molecule has 1 aliphatic carbocycles. The smallest absolute Gasteiger partial charge is 0.281 e. The fourth-order valence-corrected chi connectivity index (χ4v) is 5.01. The van der Waals surface area contributed by atoms with E-state index < -0.39 is 5.82 Å². The summed E-state index contributed by atoms with van der Waals surface area (Å²) in [6.45, 7) is 1.57. The monoisotopic (exact) mass is 489 g/mol. The number of benzene rings is 2. The zero-order chi connectivity index (χ0) is 25.0. The average Bonchev–Trinajstić information content (AvgIpc) is 3.51. The summed E-state index contributed by atoms with van der Waals surface area (Å²) >= 11 is 0. The first-order valence-corrected chi connectivity index (χ1v) is 12.2. The van der Waals surface area contributed by atoms with Crippen LogP contribution in [0.2, 0.25) is 0 Å². The fourth-order valence-electron chi connectivity index (χ4n) is 5.01. The first kappa shape index (κ1) is 22.6. The largest absolute Gasteiger partial charge is 0.342 e. The maximum Gasteiger partial charge on any atom is 0.281 e. The second kappa shape index (κ2) is 8.65. The molecular weight excluding hydrogens is 464 g/mol. The van der Waals surface area contributed by atoms with Gasteiger partial charge in [0.25, 0.3) is 5.56 Å². The Morgan fingerprint density at radius 2 is 1.81 bits per heavy atom. The highest BCUT2D eigenvalue weighted by Gasteiger charge is 2.37. The van der Waals surface area contributed by atoms with Crippen molar-refractivity contribution in [2.75, 3.05) is 13.1 Å². The molecule has 0 spiro atoms. The lowest BCUT2D eigenvalue weighted by Crippen LogP contribution is -2.32. The molecule has 3 heterocycles. The van der Waals surface area contributed by atoms with Crippen LogP contribution in [0.5, 0.6) is 0 Å². The van der Waals surface area contributed by atoms with Crippen molar-refractivity contribution >= 4 is 17.1 Å². The molecule has 4 aromatic rings. The molecule has 2 aromatic carbocycles. The number of carbonyl (C=O) groups is 1. The molecule has 1 aliphatic heterocycles. The predicted octanol–water partition coefficient (Wildman–Crippen LogP) is 4.00. The Morgan fingerprint density at radius 1 is 1.06 bits per heavy atom. The van der Waals surface area contributed by atoms with Gasteiger partial charge in [0.05, 0.1) is 11.9 Å². The maximum atomic E-state index is 15.5. The number of fused-ring (bicyclic) bond motifs is 1. The number of hydrogen-bond acceptors (Lipinski definition) is 4. The highest BCUT2D eigenvalue weighted by atomic mass is 19.1. The third-order valence-corrected chi connectivity index (χ3v) is 7.17. The van der Waals surface area contributed by atoms with E-state index in [4.69, 9.17) is 0 Å². The SMILES string of the molecule is Cn1cnc2c(=O)n(C[C@@H]3CCN(C(=O)C4CC4)C3)c(-c3ccc(-c4ccc(F)cc4)cc3F)nc21. The molecule has 9 heteroatoms. The summed E-state index contributed by atoms with van der Waals surface area (Å²) in [5, 5.41) is 0. The van der Waals surface area contributed by atoms with Crippen LogP contribution in [-0.2, 0) is 18.4 Å². The van der Waals surface area contributed by atoms with Gasteiger partial charge in [0.1, 0.15) is 17.5 Å².